The summed E-state index contributed by atoms with van der Waals surface area (Å²) in [4.78, 5) is 4.36. The van der Waals surface area contributed by atoms with Gasteiger partial charge in [-0.1, -0.05) is 33.1 Å². The van der Waals surface area contributed by atoms with E-state index in [1.807, 2.05) is 4.68 Å². The molecule has 0 saturated heterocycles. The zero-order valence-corrected chi connectivity index (χ0v) is 11.4. The minimum atomic E-state index is -0.194. The molecule has 0 amide bonds. The van der Waals surface area contributed by atoms with Crippen molar-refractivity contribution in [3.05, 3.63) is 12.2 Å². The molecule has 0 aromatic carbocycles. The Morgan fingerprint density at radius 2 is 2.11 bits per heavy atom. The Labute approximate surface area is 109 Å². The summed E-state index contributed by atoms with van der Waals surface area (Å²) in [6.07, 6.45) is 8.01. The normalized spacial score (nSPS) is 18.8. The molecular formula is C14H22N4. The van der Waals surface area contributed by atoms with Gasteiger partial charge in [-0.3, -0.25) is 0 Å². The van der Waals surface area contributed by atoms with Crippen LogP contribution in [-0.2, 0) is 13.0 Å². The summed E-state index contributed by atoms with van der Waals surface area (Å²) in [5.74, 6) is 1.53. The molecule has 1 aromatic rings. The Bertz CT molecular complexity index is 421. The molecule has 2 rings (SSSR count). The van der Waals surface area contributed by atoms with Gasteiger partial charge in [0.15, 0.2) is 0 Å². The molecule has 0 atom stereocenters. The van der Waals surface area contributed by atoms with Gasteiger partial charge in [0, 0.05) is 13.0 Å². The molecule has 1 saturated carbocycles. The van der Waals surface area contributed by atoms with Crippen LogP contribution in [0.3, 0.4) is 0 Å². The minimum absolute atomic E-state index is 0.194. The monoisotopic (exact) mass is 246 g/mol. The van der Waals surface area contributed by atoms with Crippen LogP contribution in [0.15, 0.2) is 6.33 Å². The van der Waals surface area contributed by atoms with Gasteiger partial charge in [0.25, 0.3) is 0 Å². The molecule has 0 unspecified atom stereocenters. The van der Waals surface area contributed by atoms with Crippen LogP contribution in [0.4, 0.5) is 0 Å². The summed E-state index contributed by atoms with van der Waals surface area (Å²) >= 11 is 0. The van der Waals surface area contributed by atoms with E-state index in [0.717, 1.165) is 31.6 Å². The van der Waals surface area contributed by atoms with Crippen LogP contribution >= 0.6 is 0 Å². The Balaban J connectivity index is 2.12. The second-order valence-electron chi connectivity index (χ2n) is 5.88. The molecule has 18 heavy (non-hydrogen) atoms. The number of aromatic nitrogens is 3. The second kappa shape index (κ2) is 5.51. The topological polar surface area (TPSA) is 54.5 Å². The van der Waals surface area contributed by atoms with Crippen LogP contribution < -0.4 is 0 Å². The average Bonchev–Trinajstić information content (AvgIpc) is 2.77. The van der Waals surface area contributed by atoms with Gasteiger partial charge in [0.05, 0.1) is 11.5 Å². The van der Waals surface area contributed by atoms with Crippen LogP contribution in [0.2, 0.25) is 0 Å². The molecule has 1 aliphatic carbocycles. The fourth-order valence-corrected chi connectivity index (χ4v) is 2.78. The van der Waals surface area contributed by atoms with Crippen LogP contribution in [0.5, 0.6) is 0 Å². The van der Waals surface area contributed by atoms with Crippen molar-refractivity contribution in [2.75, 3.05) is 0 Å². The van der Waals surface area contributed by atoms with Crippen molar-refractivity contribution < 1.29 is 0 Å². The lowest BCUT2D eigenvalue weighted by atomic mass is 9.73. The van der Waals surface area contributed by atoms with E-state index in [-0.39, 0.29) is 5.41 Å². The summed E-state index contributed by atoms with van der Waals surface area (Å²) in [5, 5.41) is 13.8. The van der Waals surface area contributed by atoms with Gasteiger partial charge >= 0.3 is 0 Å². The van der Waals surface area contributed by atoms with Crippen molar-refractivity contribution in [3.63, 3.8) is 0 Å². The third kappa shape index (κ3) is 2.90. The first-order valence-electron chi connectivity index (χ1n) is 6.93. The lowest BCUT2D eigenvalue weighted by Gasteiger charge is -2.30. The Morgan fingerprint density at radius 3 is 2.72 bits per heavy atom. The fourth-order valence-electron chi connectivity index (χ4n) is 2.78. The molecule has 1 fully saturated rings. The third-order valence-corrected chi connectivity index (χ3v) is 3.78. The number of nitriles is 1. The highest BCUT2D eigenvalue weighted by atomic mass is 15.3. The minimum Gasteiger partial charge on any atom is -0.250 e. The number of hydrogen-bond acceptors (Lipinski definition) is 3. The summed E-state index contributed by atoms with van der Waals surface area (Å²) in [5.41, 5.74) is -0.194. The molecule has 0 N–H and O–H groups in total. The predicted molar refractivity (Wildman–Crippen MR) is 69.7 cm³/mol. The van der Waals surface area contributed by atoms with Gasteiger partial charge in [-0.25, -0.2) is 9.67 Å². The van der Waals surface area contributed by atoms with Crippen molar-refractivity contribution >= 4 is 0 Å². The lowest BCUT2D eigenvalue weighted by Crippen LogP contribution is -2.27. The van der Waals surface area contributed by atoms with E-state index >= 15 is 0 Å². The smallest absolute Gasteiger partial charge is 0.138 e. The molecule has 0 bridgehead atoms. The predicted octanol–water partition coefficient (Wildman–Crippen LogP) is 2.95. The van der Waals surface area contributed by atoms with Crippen molar-refractivity contribution in [1.82, 2.24) is 14.8 Å². The molecule has 0 radical (unpaired) electrons. The molecule has 4 heteroatoms. The van der Waals surface area contributed by atoms with Gasteiger partial charge in [-0.05, 0) is 18.8 Å². The van der Waals surface area contributed by atoms with Crippen LogP contribution in [0, 0.1) is 22.7 Å². The van der Waals surface area contributed by atoms with E-state index in [0.29, 0.717) is 5.92 Å². The Morgan fingerprint density at radius 1 is 1.39 bits per heavy atom. The molecular weight excluding hydrogens is 224 g/mol. The number of nitrogens with zero attached hydrogens (tertiary/aromatic N) is 4. The maximum Gasteiger partial charge on any atom is 0.138 e. The first-order valence-corrected chi connectivity index (χ1v) is 6.93. The first-order chi connectivity index (χ1) is 8.65. The highest BCUT2D eigenvalue weighted by molar-refractivity contribution is 5.06. The van der Waals surface area contributed by atoms with Gasteiger partial charge in [0.1, 0.15) is 12.2 Å². The zero-order valence-electron chi connectivity index (χ0n) is 11.4. The maximum atomic E-state index is 9.51. The fraction of sp³-hybridized carbons (Fsp3) is 0.786. The summed E-state index contributed by atoms with van der Waals surface area (Å²) in [6.45, 7) is 5.23. The van der Waals surface area contributed by atoms with Crippen molar-refractivity contribution in [3.8, 4) is 6.07 Å². The molecule has 4 nitrogen and oxygen atoms in total. The molecule has 98 valence electrons. The Hall–Kier alpha value is -1.37. The molecule has 0 aliphatic heterocycles. The average molecular weight is 246 g/mol. The molecule has 0 spiro atoms. The van der Waals surface area contributed by atoms with E-state index < -0.39 is 0 Å². The van der Waals surface area contributed by atoms with Crippen molar-refractivity contribution in [2.24, 2.45) is 11.3 Å². The SMILES string of the molecule is CC(C)Cn1ncnc1CC1(C#N)CCCCC1. The van der Waals surface area contributed by atoms with E-state index in [1.54, 1.807) is 6.33 Å². The highest BCUT2D eigenvalue weighted by Gasteiger charge is 2.33. The number of hydrogen-bond donors (Lipinski definition) is 0. The van der Waals surface area contributed by atoms with Gasteiger partial charge in [0.2, 0.25) is 0 Å². The summed E-state index contributed by atoms with van der Waals surface area (Å²) < 4.78 is 1.97. The number of rotatable bonds is 4. The maximum absolute atomic E-state index is 9.51. The van der Waals surface area contributed by atoms with Gasteiger partial charge in [-0.15, -0.1) is 0 Å². The first kappa shape index (κ1) is 13.1. The standard InChI is InChI=1S/C14H22N4/c1-12(2)9-18-13(16-11-17-18)8-14(10-15)6-4-3-5-7-14/h11-12H,3-9H2,1-2H3. The zero-order chi connectivity index (χ0) is 13.0. The molecule has 1 heterocycles. The van der Waals surface area contributed by atoms with Crippen molar-refractivity contribution in [2.45, 2.75) is 58.9 Å². The Kier molecular flexibility index (Phi) is 4.00. The van der Waals surface area contributed by atoms with E-state index in [2.05, 4.69) is 30.0 Å². The second-order valence-corrected chi connectivity index (χ2v) is 5.88. The van der Waals surface area contributed by atoms with Crippen molar-refractivity contribution in [1.29, 1.82) is 5.26 Å². The third-order valence-electron chi connectivity index (χ3n) is 3.78. The highest BCUT2D eigenvalue weighted by Crippen LogP contribution is 2.38. The molecule has 1 aliphatic rings. The van der Waals surface area contributed by atoms with E-state index in [1.165, 1.54) is 19.3 Å². The quantitative estimate of drug-likeness (QED) is 0.820. The largest absolute Gasteiger partial charge is 0.250 e. The summed E-state index contributed by atoms with van der Waals surface area (Å²) in [7, 11) is 0. The van der Waals surface area contributed by atoms with Crippen LogP contribution in [0.1, 0.15) is 51.8 Å². The van der Waals surface area contributed by atoms with E-state index in [4.69, 9.17) is 0 Å². The molecule has 1 aromatic heterocycles. The summed E-state index contributed by atoms with van der Waals surface area (Å²) in [6, 6.07) is 2.56. The van der Waals surface area contributed by atoms with Crippen LogP contribution in [-0.4, -0.2) is 14.8 Å². The van der Waals surface area contributed by atoms with Crippen LogP contribution in [0.25, 0.3) is 0 Å². The lowest BCUT2D eigenvalue weighted by molar-refractivity contribution is 0.256. The van der Waals surface area contributed by atoms with E-state index in [9.17, 15) is 5.26 Å². The van der Waals surface area contributed by atoms with Gasteiger partial charge < -0.3 is 0 Å². The van der Waals surface area contributed by atoms with Gasteiger partial charge in [-0.2, -0.15) is 10.4 Å².